The van der Waals surface area contributed by atoms with E-state index < -0.39 is 0 Å². The van der Waals surface area contributed by atoms with Gasteiger partial charge in [0.15, 0.2) is 0 Å². The van der Waals surface area contributed by atoms with E-state index >= 15 is 0 Å². The van der Waals surface area contributed by atoms with Gasteiger partial charge in [-0.3, -0.25) is 0 Å². The average Bonchev–Trinajstić information content (AvgIpc) is 2.81. The molecule has 32 heavy (non-hydrogen) atoms. The lowest BCUT2D eigenvalue weighted by Gasteiger charge is -2.26. The Balaban J connectivity index is 1.93. The fraction of sp³-hybridized carbons (Fsp3) is 0. The molecular weight excluding hydrogens is 384 g/mol. The lowest BCUT2D eigenvalue weighted by atomic mass is 9.76. The Morgan fingerprint density at radius 1 is 0.188 bits per heavy atom. The largest absolute Gasteiger partial charge is 0.0616 e. The van der Waals surface area contributed by atoms with Crippen LogP contribution in [0.5, 0.6) is 0 Å². The van der Waals surface area contributed by atoms with Gasteiger partial charge in [0.2, 0.25) is 0 Å². The highest BCUT2D eigenvalue weighted by atomic mass is 14.3. The smallest absolute Gasteiger partial charge is 0.000718 e. The number of benzene rings is 4. The summed E-state index contributed by atoms with van der Waals surface area (Å²) in [5.41, 5.74) is 0. The molecule has 144 valence electrons. The second-order valence-corrected chi connectivity index (χ2v) is 9.18. The Labute approximate surface area is 183 Å². The first-order valence-corrected chi connectivity index (χ1v) is 11.3. The zero-order valence-electron chi connectivity index (χ0n) is 17.2. The van der Waals surface area contributed by atoms with Crippen molar-refractivity contribution in [1.82, 2.24) is 0 Å². The average molecular weight is 400 g/mol. The van der Waals surface area contributed by atoms with E-state index in [0.29, 0.717) is 0 Å². The molecule has 0 aliphatic rings. The van der Waals surface area contributed by atoms with E-state index in [4.69, 9.17) is 0 Å². The van der Waals surface area contributed by atoms with E-state index in [0.717, 1.165) is 0 Å². The van der Waals surface area contributed by atoms with Gasteiger partial charge >= 0.3 is 0 Å². The number of hydrogen-bond donors (Lipinski definition) is 0. The standard InChI is InChI=1S/C32H16/c1-2-10-18-17(9-1)25-27-19-11-3-5-13-21(19)29-26(18)30-22-14-6-4-12-20(22)28(25)31(27)23-15-7-8-16-24(23)32(29)30/h1-16H. The molecule has 0 unspecified atom stereocenters. The van der Waals surface area contributed by atoms with Crippen molar-refractivity contribution in [2.45, 2.75) is 0 Å². The van der Waals surface area contributed by atoms with E-state index in [-0.39, 0.29) is 0 Å². The minimum absolute atomic E-state index is 1.38. The number of hydrogen-bond acceptors (Lipinski definition) is 0. The molecule has 10 rings (SSSR count). The molecule has 8 bridgehead atoms. The van der Waals surface area contributed by atoms with Gasteiger partial charge in [-0.2, -0.15) is 0 Å². The van der Waals surface area contributed by atoms with Gasteiger partial charge in [-0.1, -0.05) is 97.1 Å². The molecule has 0 radical (unpaired) electrons. The third-order valence-electron chi connectivity index (χ3n) is 7.86. The SMILES string of the molecule is c1ccc2c(c1)c1c3c4ccccc4c4c2c2c5ccccc5c1c3c1ccccc1c42. The Bertz CT molecular complexity index is 1670. The minimum Gasteiger partial charge on any atom is -0.0616 e. The zero-order valence-corrected chi connectivity index (χ0v) is 17.2. The third kappa shape index (κ3) is 1.48. The summed E-state index contributed by atoms with van der Waals surface area (Å²) in [5, 5.41) is 22.4. The molecule has 0 atom stereocenters. The van der Waals surface area contributed by atoms with Crippen LogP contribution >= 0.6 is 0 Å². The predicted molar refractivity (Wildman–Crippen MR) is 140 cm³/mol. The van der Waals surface area contributed by atoms with E-state index in [2.05, 4.69) is 97.1 Å². The van der Waals surface area contributed by atoms with Crippen molar-refractivity contribution >= 4 is 86.2 Å². The van der Waals surface area contributed by atoms with Crippen LogP contribution in [0.1, 0.15) is 0 Å². The summed E-state index contributed by atoms with van der Waals surface area (Å²) in [6.45, 7) is 0. The summed E-state index contributed by atoms with van der Waals surface area (Å²) in [6.07, 6.45) is 0. The van der Waals surface area contributed by atoms with Crippen molar-refractivity contribution < 1.29 is 0 Å². The molecule has 10 aromatic carbocycles. The fourth-order valence-corrected chi connectivity index (χ4v) is 6.71. The molecule has 10 aromatic rings. The molecule has 0 amide bonds. The minimum atomic E-state index is 1.38. The molecule has 0 nitrogen and oxygen atoms in total. The highest BCUT2D eigenvalue weighted by molar-refractivity contribution is 6.57. The molecule has 0 N–H and O–H groups in total. The highest BCUT2D eigenvalue weighted by Gasteiger charge is 2.27. The first-order valence-electron chi connectivity index (χ1n) is 11.3. The van der Waals surface area contributed by atoms with Crippen molar-refractivity contribution in [3.8, 4) is 0 Å². The predicted octanol–water partition coefficient (Wildman–Crippen LogP) is 9.23. The topological polar surface area (TPSA) is 0 Å². The Morgan fingerprint density at radius 3 is 0.438 bits per heavy atom. The van der Waals surface area contributed by atoms with Gasteiger partial charge in [0, 0.05) is 0 Å². The molecular formula is C32H16. The van der Waals surface area contributed by atoms with Gasteiger partial charge in [-0.15, -0.1) is 0 Å². The fourth-order valence-electron chi connectivity index (χ4n) is 6.71. The summed E-state index contributed by atoms with van der Waals surface area (Å²) in [4.78, 5) is 0. The molecule has 0 fully saturated rings. The summed E-state index contributed by atoms with van der Waals surface area (Å²) in [5.74, 6) is 0. The van der Waals surface area contributed by atoms with Crippen molar-refractivity contribution in [3.63, 3.8) is 0 Å². The molecule has 0 aliphatic carbocycles. The second-order valence-electron chi connectivity index (χ2n) is 9.18. The summed E-state index contributed by atoms with van der Waals surface area (Å²) < 4.78 is 0. The monoisotopic (exact) mass is 400 g/mol. The van der Waals surface area contributed by atoms with Gasteiger partial charge in [-0.05, 0) is 86.2 Å². The van der Waals surface area contributed by atoms with Crippen LogP contribution in [-0.2, 0) is 0 Å². The maximum Gasteiger partial charge on any atom is -0.000718 e. The van der Waals surface area contributed by atoms with Gasteiger partial charge in [-0.25, -0.2) is 0 Å². The van der Waals surface area contributed by atoms with Crippen LogP contribution < -0.4 is 0 Å². The van der Waals surface area contributed by atoms with Gasteiger partial charge < -0.3 is 0 Å². The van der Waals surface area contributed by atoms with Crippen LogP contribution in [0, 0.1) is 0 Å². The number of rotatable bonds is 0. The van der Waals surface area contributed by atoms with Crippen LogP contribution in [0.15, 0.2) is 97.1 Å². The molecule has 0 heteroatoms. The van der Waals surface area contributed by atoms with E-state index in [1.165, 1.54) is 86.2 Å². The van der Waals surface area contributed by atoms with Crippen LogP contribution in [0.3, 0.4) is 0 Å². The van der Waals surface area contributed by atoms with Crippen molar-refractivity contribution in [3.05, 3.63) is 97.1 Å². The van der Waals surface area contributed by atoms with Crippen LogP contribution in [0.4, 0.5) is 0 Å². The van der Waals surface area contributed by atoms with Crippen molar-refractivity contribution in [2.75, 3.05) is 0 Å². The second kappa shape index (κ2) is 5.00. The first kappa shape index (κ1) is 15.6. The molecule has 0 saturated heterocycles. The van der Waals surface area contributed by atoms with E-state index in [1.807, 2.05) is 0 Å². The highest BCUT2D eigenvalue weighted by Crippen LogP contribution is 2.56. The van der Waals surface area contributed by atoms with Crippen LogP contribution in [-0.4, -0.2) is 0 Å². The van der Waals surface area contributed by atoms with E-state index in [9.17, 15) is 0 Å². The summed E-state index contributed by atoms with van der Waals surface area (Å²) in [6, 6.07) is 36.2. The van der Waals surface area contributed by atoms with Crippen LogP contribution in [0.25, 0.3) is 86.2 Å². The Kier molecular flexibility index (Phi) is 2.44. The van der Waals surface area contributed by atoms with E-state index in [1.54, 1.807) is 0 Å². The molecule has 0 aromatic heterocycles. The molecule has 0 heterocycles. The van der Waals surface area contributed by atoms with Gasteiger partial charge in [0.25, 0.3) is 0 Å². The van der Waals surface area contributed by atoms with Crippen LogP contribution in [0.2, 0.25) is 0 Å². The zero-order chi connectivity index (χ0) is 20.6. The van der Waals surface area contributed by atoms with Gasteiger partial charge in [0.1, 0.15) is 0 Å². The Hall–Kier alpha value is -4.16. The van der Waals surface area contributed by atoms with Crippen molar-refractivity contribution in [1.29, 1.82) is 0 Å². The molecule has 0 spiro atoms. The maximum absolute atomic E-state index is 2.33. The summed E-state index contributed by atoms with van der Waals surface area (Å²) >= 11 is 0. The first-order chi connectivity index (χ1) is 15.9. The molecule has 0 aliphatic heterocycles. The molecule has 0 saturated carbocycles. The summed E-state index contributed by atoms with van der Waals surface area (Å²) in [7, 11) is 0. The van der Waals surface area contributed by atoms with Gasteiger partial charge in [0.05, 0.1) is 0 Å². The third-order valence-corrected chi connectivity index (χ3v) is 7.86. The lowest BCUT2D eigenvalue weighted by molar-refractivity contribution is 1.79. The maximum atomic E-state index is 2.33. The quantitative estimate of drug-likeness (QED) is 0.238. The lowest BCUT2D eigenvalue weighted by Crippen LogP contribution is -1.97. The Morgan fingerprint density at radius 2 is 0.312 bits per heavy atom. The normalized spacial score (nSPS) is 13.0. The van der Waals surface area contributed by atoms with Crippen molar-refractivity contribution in [2.24, 2.45) is 0 Å².